The number of carbonyl (C=O) groups is 2. The Kier molecular flexibility index (Phi) is 6.77. The SMILES string of the molecule is CCCCNC(=O)CCNC(=O)C(C)(C)C. The quantitative estimate of drug-likeness (QED) is 0.676. The van der Waals surface area contributed by atoms with E-state index >= 15 is 0 Å². The molecule has 0 spiro atoms. The highest BCUT2D eigenvalue weighted by atomic mass is 16.2. The molecule has 0 heterocycles. The van der Waals surface area contributed by atoms with Crippen molar-refractivity contribution in [3.63, 3.8) is 0 Å². The Hall–Kier alpha value is -1.06. The van der Waals surface area contributed by atoms with Gasteiger partial charge in [-0.25, -0.2) is 0 Å². The highest BCUT2D eigenvalue weighted by molar-refractivity contribution is 5.82. The molecule has 0 aliphatic heterocycles. The minimum absolute atomic E-state index is 0.00246. The minimum Gasteiger partial charge on any atom is -0.356 e. The fraction of sp³-hybridized carbons (Fsp3) is 0.833. The van der Waals surface area contributed by atoms with Crippen molar-refractivity contribution >= 4 is 11.8 Å². The average Bonchev–Trinajstić information content (AvgIpc) is 2.16. The zero-order valence-electron chi connectivity index (χ0n) is 10.9. The summed E-state index contributed by atoms with van der Waals surface area (Å²) in [5.74, 6) is -0.0171. The topological polar surface area (TPSA) is 58.2 Å². The van der Waals surface area contributed by atoms with Crippen molar-refractivity contribution < 1.29 is 9.59 Å². The van der Waals surface area contributed by atoms with E-state index in [1.807, 2.05) is 20.8 Å². The van der Waals surface area contributed by atoms with E-state index in [0.717, 1.165) is 19.4 Å². The summed E-state index contributed by atoms with van der Waals surface area (Å²) in [6.45, 7) is 8.77. The van der Waals surface area contributed by atoms with Crippen LogP contribution in [0, 0.1) is 5.41 Å². The molecule has 0 bridgehead atoms. The third-order valence-corrected chi connectivity index (χ3v) is 2.17. The monoisotopic (exact) mass is 228 g/mol. The molecule has 4 nitrogen and oxygen atoms in total. The van der Waals surface area contributed by atoms with Gasteiger partial charge in [0.1, 0.15) is 0 Å². The summed E-state index contributed by atoms with van der Waals surface area (Å²) in [5.41, 5.74) is -0.390. The second-order valence-electron chi connectivity index (χ2n) is 4.96. The lowest BCUT2D eigenvalue weighted by atomic mass is 9.96. The fourth-order valence-electron chi connectivity index (χ4n) is 1.05. The Morgan fingerprint density at radius 2 is 1.69 bits per heavy atom. The molecule has 0 aromatic rings. The van der Waals surface area contributed by atoms with Crippen LogP contribution in [0.2, 0.25) is 0 Å². The van der Waals surface area contributed by atoms with Gasteiger partial charge in [0, 0.05) is 24.9 Å². The summed E-state index contributed by atoms with van der Waals surface area (Å²) in [4.78, 5) is 22.8. The number of hydrogen-bond acceptors (Lipinski definition) is 2. The van der Waals surface area contributed by atoms with Crippen molar-refractivity contribution in [2.24, 2.45) is 5.41 Å². The molecule has 2 N–H and O–H groups in total. The lowest BCUT2D eigenvalue weighted by Gasteiger charge is -2.17. The van der Waals surface area contributed by atoms with Crippen molar-refractivity contribution in [2.45, 2.75) is 47.0 Å². The van der Waals surface area contributed by atoms with Crippen molar-refractivity contribution in [2.75, 3.05) is 13.1 Å². The normalized spacial score (nSPS) is 11.0. The van der Waals surface area contributed by atoms with Gasteiger partial charge in [-0.05, 0) is 6.42 Å². The Labute approximate surface area is 98.2 Å². The van der Waals surface area contributed by atoms with Crippen LogP contribution in [0.5, 0.6) is 0 Å². The van der Waals surface area contributed by atoms with E-state index in [2.05, 4.69) is 17.6 Å². The number of unbranched alkanes of at least 4 members (excludes halogenated alkanes) is 1. The van der Waals surface area contributed by atoms with Crippen LogP contribution in [0.1, 0.15) is 47.0 Å². The van der Waals surface area contributed by atoms with Crippen molar-refractivity contribution in [3.8, 4) is 0 Å². The molecule has 0 unspecified atom stereocenters. The molecule has 0 aromatic carbocycles. The summed E-state index contributed by atoms with van der Waals surface area (Å²) in [6, 6.07) is 0. The van der Waals surface area contributed by atoms with Crippen LogP contribution in [0.3, 0.4) is 0 Å². The average molecular weight is 228 g/mol. The molecule has 0 aromatic heterocycles. The van der Waals surface area contributed by atoms with Gasteiger partial charge in [-0.1, -0.05) is 34.1 Å². The predicted octanol–water partition coefficient (Wildman–Crippen LogP) is 1.46. The second-order valence-corrected chi connectivity index (χ2v) is 4.96. The van der Waals surface area contributed by atoms with Crippen molar-refractivity contribution in [1.82, 2.24) is 10.6 Å². The Morgan fingerprint density at radius 3 is 2.19 bits per heavy atom. The largest absolute Gasteiger partial charge is 0.356 e. The summed E-state index contributed by atoms with van der Waals surface area (Å²) in [7, 11) is 0. The zero-order valence-corrected chi connectivity index (χ0v) is 10.9. The molecule has 0 saturated heterocycles. The maximum absolute atomic E-state index is 11.5. The molecule has 0 aliphatic rings. The van der Waals surface area contributed by atoms with Gasteiger partial charge in [0.15, 0.2) is 0 Å². The third kappa shape index (κ3) is 7.26. The second kappa shape index (κ2) is 7.25. The van der Waals surface area contributed by atoms with Gasteiger partial charge in [0.25, 0.3) is 0 Å². The van der Waals surface area contributed by atoms with E-state index in [9.17, 15) is 9.59 Å². The lowest BCUT2D eigenvalue weighted by Crippen LogP contribution is -2.37. The molecule has 0 atom stereocenters. The van der Waals surface area contributed by atoms with Gasteiger partial charge >= 0.3 is 0 Å². The van der Waals surface area contributed by atoms with E-state index < -0.39 is 5.41 Å². The number of carbonyl (C=O) groups excluding carboxylic acids is 2. The maximum atomic E-state index is 11.5. The summed E-state index contributed by atoms with van der Waals surface area (Å²) >= 11 is 0. The zero-order chi connectivity index (χ0) is 12.6. The Balaban J connectivity index is 3.59. The van der Waals surface area contributed by atoms with E-state index in [4.69, 9.17) is 0 Å². The smallest absolute Gasteiger partial charge is 0.225 e. The highest BCUT2D eigenvalue weighted by Gasteiger charge is 2.20. The molecule has 2 amide bonds. The number of amides is 2. The Bertz CT molecular complexity index is 232. The van der Waals surface area contributed by atoms with E-state index in [1.54, 1.807) is 0 Å². The molecule has 16 heavy (non-hydrogen) atoms. The molecule has 0 rings (SSSR count). The number of hydrogen-bond donors (Lipinski definition) is 2. The summed E-state index contributed by atoms with van der Waals surface area (Å²) in [6.07, 6.45) is 2.42. The molecule has 94 valence electrons. The van der Waals surface area contributed by atoms with Crippen LogP contribution in [-0.2, 0) is 9.59 Å². The highest BCUT2D eigenvalue weighted by Crippen LogP contribution is 2.11. The first kappa shape index (κ1) is 14.9. The molecule has 0 fully saturated rings. The first-order chi connectivity index (χ1) is 7.38. The standard InChI is InChI=1S/C12H24N2O2/c1-5-6-8-13-10(15)7-9-14-11(16)12(2,3)4/h5-9H2,1-4H3,(H,13,15)(H,14,16). The van der Waals surface area contributed by atoms with Gasteiger partial charge in [0.05, 0.1) is 0 Å². The van der Waals surface area contributed by atoms with Crippen LogP contribution in [-0.4, -0.2) is 24.9 Å². The van der Waals surface area contributed by atoms with Crippen LogP contribution >= 0.6 is 0 Å². The minimum atomic E-state index is -0.390. The van der Waals surface area contributed by atoms with Gasteiger partial charge in [-0.2, -0.15) is 0 Å². The maximum Gasteiger partial charge on any atom is 0.225 e. The molecule has 0 saturated carbocycles. The van der Waals surface area contributed by atoms with E-state index in [1.165, 1.54) is 0 Å². The number of nitrogens with one attached hydrogen (secondary N) is 2. The molecular weight excluding hydrogens is 204 g/mol. The lowest BCUT2D eigenvalue weighted by molar-refractivity contribution is -0.128. The first-order valence-corrected chi connectivity index (χ1v) is 5.93. The van der Waals surface area contributed by atoms with Crippen molar-refractivity contribution in [1.29, 1.82) is 0 Å². The first-order valence-electron chi connectivity index (χ1n) is 5.93. The summed E-state index contributed by atoms with van der Waals surface area (Å²) in [5, 5.41) is 5.55. The van der Waals surface area contributed by atoms with Crippen molar-refractivity contribution in [3.05, 3.63) is 0 Å². The number of rotatable bonds is 6. The van der Waals surface area contributed by atoms with Gasteiger partial charge in [-0.15, -0.1) is 0 Å². The van der Waals surface area contributed by atoms with E-state index in [-0.39, 0.29) is 11.8 Å². The van der Waals surface area contributed by atoms with E-state index in [0.29, 0.717) is 13.0 Å². The molecule has 0 radical (unpaired) electrons. The Morgan fingerprint density at radius 1 is 1.06 bits per heavy atom. The molecule has 0 aliphatic carbocycles. The van der Waals surface area contributed by atoms with Gasteiger partial charge < -0.3 is 10.6 Å². The third-order valence-electron chi connectivity index (χ3n) is 2.17. The van der Waals surface area contributed by atoms with Crippen LogP contribution in [0.25, 0.3) is 0 Å². The predicted molar refractivity (Wildman–Crippen MR) is 65.0 cm³/mol. The van der Waals surface area contributed by atoms with Crippen LogP contribution in [0.4, 0.5) is 0 Å². The summed E-state index contributed by atoms with van der Waals surface area (Å²) < 4.78 is 0. The van der Waals surface area contributed by atoms with Gasteiger partial charge in [0.2, 0.25) is 11.8 Å². The van der Waals surface area contributed by atoms with Gasteiger partial charge in [-0.3, -0.25) is 9.59 Å². The van der Waals surface area contributed by atoms with Crippen LogP contribution in [0.15, 0.2) is 0 Å². The van der Waals surface area contributed by atoms with Crippen LogP contribution < -0.4 is 10.6 Å². The molecule has 4 heteroatoms. The molecular formula is C12H24N2O2. The fourth-order valence-corrected chi connectivity index (χ4v) is 1.05.